The molecule has 0 aliphatic rings. The van der Waals surface area contributed by atoms with Crippen LogP contribution in [0.1, 0.15) is 32.9 Å². The molecule has 5 heteroatoms. The van der Waals surface area contributed by atoms with E-state index in [0.29, 0.717) is 24.2 Å². The minimum Gasteiger partial charge on any atom is -0.393 e. The predicted octanol–water partition coefficient (Wildman–Crippen LogP) is 2.28. The van der Waals surface area contributed by atoms with E-state index in [1.165, 1.54) is 0 Å². The molecule has 114 valence electrons. The van der Waals surface area contributed by atoms with Crippen molar-refractivity contribution in [1.82, 2.24) is 10.5 Å². The Kier molecular flexibility index (Phi) is 4.63. The predicted molar refractivity (Wildman–Crippen MR) is 80.8 cm³/mol. The second-order valence-corrected chi connectivity index (χ2v) is 6.30. The smallest absolute Gasteiger partial charge is 0.226 e. The molecule has 21 heavy (non-hydrogen) atoms. The van der Waals surface area contributed by atoms with E-state index in [-0.39, 0.29) is 23.8 Å². The lowest BCUT2D eigenvalue weighted by Gasteiger charge is -2.26. The lowest BCUT2D eigenvalue weighted by atomic mass is 9.87. The van der Waals surface area contributed by atoms with E-state index >= 15 is 0 Å². The first-order chi connectivity index (χ1) is 9.87. The topological polar surface area (TPSA) is 75.4 Å². The van der Waals surface area contributed by atoms with Crippen LogP contribution in [0.25, 0.3) is 11.0 Å². The van der Waals surface area contributed by atoms with Crippen LogP contribution in [0.5, 0.6) is 0 Å². The SMILES string of the molecule is CC(O)CC(C)(C)CNC(=O)Cc1noc2ccccc12. The number of hydrogen-bond donors (Lipinski definition) is 2. The fourth-order valence-corrected chi connectivity index (χ4v) is 2.49. The Balaban J connectivity index is 1.93. The number of para-hydroxylation sites is 1. The molecular formula is C16H22N2O3. The largest absolute Gasteiger partial charge is 0.393 e. The molecule has 0 radical (unpaired) electrons. The molecule has 1 unspecified atom stereocenters. The number of hydrogen-bond acceptors (Lipinski definition) is 4. The van der Waals surface area contributed by atoms with Crippen LogP contribution in [-0.2, 0) is 11.2 Å². The molecule has 1 aromatic heterocycles. The molecule has 2 N–H and O–H groups in total. The molecule has 0 saturated carbocycles. The first-order valence-electron chi connectivity index (χ1n) is 7.15. The van der Waals surface area contributed by atoms with Gasteiger partial charge in [0.2, 0.25) is 5.91 Å². The van der Waals surface area contributed by atoms with Gasteiger partial charge in [-0.05, 0) is 30.9 Å². The van der Waals surface area contributed by atoms with Gasteiger partial charge in [-0.2, -0.15) is 0 Å². The third kappa shape index (κ3) is 4.29. The summed E-state index contributed by atoms with van der Waals surface area (Å²) in [4.78, 5) is 12.0. The van der Waals surface area contributed by atoms with Gasteiger partial charge in [-0.3, -0.25) is 4.79 Å². The second-order valence-electron chi connectivity index (χ2n) is 6.30. The van der Waals surface area contributed by atoms with Gasteiger partial charge in [0, 0.05) is 11.9 Å². The fourth-order valence-electron chi connectivity index (χ4n) is 2.49. The van der Waals surface area contributed by atoms with Crippen LogP contribution < -0.4 is 5.32 Å². The normalized spacial score (nSPS) is 13.3. The number of aliphatic hydroxyl groups excluding tert-OH is 1. The number of rotatable bonds is 6. The minimum absolute atomic E-state index is 0.0901. The standard InChI is InChI=1S/C16H22N2O3/c1-11(19)9-16(2,3)10-17-15(20)8-13-12-6-4-5-7-14(12)21-18-13/h4-7,11,19H,8-10H2,1-3H3,(H,17,20). The zero-order valence-corrected chi connectivity index (χ0v) is 12.7. The van der Waals surface area contributed by atoms with Gasteiger partial charge < -0.3 is 14.9 Å². The molecule has 0 bridgehead atoms. The molecule has 1 heterocycles. The number of benzene rings is 1. The van der Waals surface area contributed by atoms with Crippen LogP contribution in [0.15, 0.2) is 28.8 Å². The number of aliphatic hydroxyl groups is 1. The highest BCUT2D eigenvalue weighted by atomic mass is 16.5. The Bertz CT molecular complexity index is 617. The van der Waals surface area contributed by atoms with Crippen molar-refractivity contribution >= 4 is 16.9 Å². The maximum Gasteiger partial charge on any atom is 0.226 e. The van der Waals surface area contributed by atoms with Crippen LogP contribution >= 0.6 is 0 Å². The summed E-state index contributed by atoms with van der Waals surface area (Å²) in [5.41, 5.74) is 1.20. The summed E-state index contributed by atoms with van der Waals surface area (Å²) in [6.07, 6.45) is 0.457. The van der Waals surface area contributed by atoms with Crippen molar-refractivity contribution < 1.29 is 14.4 Å². The highest BCUT2D eigenvalue weighted by molar-refractivity contribution is 5.86. The molecule has 0 saturated heterocycles. The number of carbonyl (C=O) groups is 1. The van der Waals surface area contributed by atoms with Gasteiger partial charge in [-0.1, -0.05) is 31.1 Å². The number of nitrogens with one attached hydrogen (secondary N) is 1. The number of carbonyl (C=O) groups excluding carboxylic acids is 1. The first kappa shape index (κ1) is 15.5. The van der Waals surface area contributed by atoms with Crippen LogP contribution in [-0.4, -0.2) is 28.8 Å². The van der Waals surface area contributed by atoms with Gasteiger partial charge in [0.15, 0.2) is 5.58 Å². The summed E-state index contributed by atoms with van der Waals surface area (Å²) in [7, 11) is 0. The molecular weight excluding hydrogens is 268 g/mol. The van der Waals surface area contributed by atoms with Crippen molar-refractivity contribution in [1.29, 1.82) is 0 Å². The zero-order chi connectivity index (χ0) is 15.5. The summed E-state index contributed by atoms with van der Waals surface area (Å²) in [6.45, 7) is 6.31. The Labute approximate surface area is 124 Å². The lowest BCUT2D eigenvalue weighted by Crippen LogP contribution is -2.36. The van der Waals surface area contributed by atoms with E-state index in [2.05, 4.69) is 10.5 Å². The van der Waals surface area contributed by atoms with Crippen molar-refractivity contribution in [3.63, 3.8) is 0 Å². The highest BCUT2D eigenvalue weighted by Crippen LogP contribution is 2.21. The maximum absolute atomic E-state index is 12.0. The molecule has 5 nitrogen and oxygen atoms in total. The minimum atomic E-state index is -0.378. The number of nitrogens with zero attached hydrogens (tertiary/aromatic N) is 1. The number of amides is 1. The van der Waals surface area contributed by atoms with Gasteiger partial charge >= 0.3 is 0 Å². The van der Waals surface area contributed by atoms with Crippen molar-refractivity contribution in [2.45, 2.75) is 39.7 Å². The van der Waals surface area contributed by atoms with Gasteiger partial charge in [-0.25, -0.2) is 0 Å². The van der Waals surface area contributed by atoms with E-state index in [9.17, 15) is 9.90 Å². The van der Waals surface area contributed by atoms with Crippen LogP contribution in [0.3, 0.4) is 0 Å². The summed E-state index contributed by atoms with van der Waals surface area (Å²) >= 11 is 0. The van der Waals surface area contributed by atoms with Crippen molar-refractivity contribution in [2.75, 3.05) is 6.54 Å². The van der Waals surface area contributed by atoms with Crippen LogP contribution in [0.2, 0.25) is 0 Å². The van der Waals surface area contributed by atoms with Gasteiger partial charge in [-0.15, -0.1) is 0 Å². The molecule has 0 spiro atoms. The highest BCUT2D eigenvalue weighted by Gasteiger charge is 2.21. The van der Waals surface area contributed by atoms with Gasteiger partial charge in [0.25, 0.3) is 0 Å². The summed E-state index contributed by atoms with van der Waals surface area (Å²) < 4.78 is 5.18. The van der Waals surface area contributed by atoms with E-state index in [4.69, 9.17) is 4.52 Å². The van der Waals surface area contributed by atoms with Crippen molar-refractivity contribution in [3.8, 4) is 0 Å². The first-order valence-corrected chi connectivity index (χ1v) is 7.15. The van der Waals surface area contributed by atoms with E-state index in [1.54, 1.807) is 6.92 Å². The third-order valence-electron chi connectivity index (χ3n) is 3.39. The second kappa shape index (κ2) is 6.26. The molecule has 1 amide bonds. The monoisotopic (exact) mass is 290 g/mol. The summed E-state index contributed by atoms with van der Waals surface area (Å²) in [5.74, 6) is -0.0901. The number of aromatic nitrogens is 1. The maximum atomic E-state index is 12.0. The van der Waals surface area contributed by atoms with E-state index in [1.807, 2.05) is 38.1 Å². The summed E-state index contributed by atoms with van der Waals surface area (Å²) in [6, 6.07) is 7.49. The van der Waals surface area contributed by atoms with Gasteiger partial charge in [0.1, 0.15) is 5.69 Å². The average molecular weight is 290 g/mol. The molecule has 0 aliphatic carbocycles. The van der Waals surface area contributed by atoms with E-state index in [0.717, 1.165) is 5.39 Å². The quantitative estimate of drug-likeness (QED) is 0.856. The van der Waals surface area contributed by atoms with Crippen molar-refractivity contribution in [3.05, 3.63) is 30.0 Å². The Hall–Kier alpha value is -1.88. The molecule has 2 aromatic rings. The van der Waals surface area contributed by atoms with Crippen LogP contribution in [0, 0.1) is 5.41 Å². The zero-order valence-electron chi connectivity index (χ0n) is 12.7. The Morgan fingerprint density at radius 2 is 2.14 bits per heavy atom. The van der Waals surface area contributed by atoms with Gasteiger partial charge in [0.05, 0.1) is 12.5 Å². The Morgan fingerprint density at radius 1 is 1.43 bits per heavy atom. The van der Waals surface area contributed by atoms with Crippen molar-refractivity contribution in [2.24, 2.45) is 5.41 Å². The fraction of sp³-hybridized carbons (Fsp3) is 0.500. The molecule has 1 atom stereocenters. The average Bonchev–Trinajstić information content (AvgIpc) is 2.79. The van der Waals surface area contributed by atoms with Crippen LogP contribution in [0.4, 0.5) is 0 Å². The summed E-state index contributed by atoms with van der Waals surface area (Å²) in [5, 5.41) is 17.2. The molecule has 0 fully saturated rings. The molecule has 1 aromatic carbocycles. The molecule has 0 aliphatic heterocycles. The molecule has 2 rings (SSSR count). The number of fused-ring (bicyclic) bond motifs is 1. The third-order valence-corrected chi connectivity index (χ3v) is 3.39. The lowest BCUT2D eigenvalue weighted by molar-refractivity contribution is -0.121. The van der Waals surface area contributed by atoms with E-state index < -0.39 is 0 Å². The Morgan fingerprint density at radius 3 is 2.86 bits per heavy atom.